The Hall–Kier alpha value is -2.71. The maximum atomic E-state index is 13.3. The number of hydrogen-bond acceptors (Lipinski definition) is 5. The molecule has 1 N–H and O–H groups in total. The van der Waals surface area contributed by atoms with Gasteiger partial charge in [-0.2, -0.15) is 0 Å². The van der Waals surface area contributed by atoms with Crippen molar-refractivity contribution in [3.05, 3.63) is 65.7 Å². The summed E-state index contributed by atoms with van der Waals surface area (Å²) in [6, 6.07) is 16.1. The van der Waals surface area contributed by atoms with Gasteiger partial charge in [-0.25, -0.2) is 8.42 Å². The van der Waals surface area contributed by atoms with Crippen molar-refractivity contribution in [3.8, 4) is 0 Å². The van der Waals surface area contributed by atoms with Crippen LogP contribution in [-0.2, 0) is 19.4 Å². The van der Waals surface area contributed by atoms with Crippen molar-refractivity contribution in [1.82, 2.24) is 9.80 Å². The highest BCUT2D eigenvalue weighted by Crippen LogP contribution is 2.25. The molecule has 1 atom stereocenters. The highest BCUT2D eigenvalue weighted by molar-refractivity contribution is 7.91. The second-order valence-corrected chi connectivity index (χ2v) is 9.91. The zero-order chi connectivity index (χ0) is 21.7. The van der Waals surface area contributed by atoms with Gasteiger partial charge in [-0.1, -0.05) is 48.0 Å². The molecule has 0 radical (unpaired) electrons. The van der Waals surface area contributed by atoms with Crippen LogP contribution in [0.5, 0.6) is 0 Å². The molecule has 2 aromatic carbocycles. The number of nitrogens with one attached hydrogen (secondary N) is 1. The number of rotatable bonds is 6. The minimum Gasteiger partial charge on any atom is -0.335 e. The molecule has 160 valence electrons. The molecule has 0 bridgehead atoms. The maximum Gasteiger partial charge on any atom is 0.244 e. The standard InChI is InChI=1S/C22H27N3O4S/c1-17-8-10-19(11-9-17)23-20(26)16-24(2)22(27)21(18-6-4-3-5-7-18)25-12-14-30(28,29)15-13-25/h3-11,21H,12-16H2,1-2H3,(H,23,26). The van der Waals surface area contributed by atoms with Gasteiger partial charge in [0.25, 0.3) is 0 Å². The number of sulfone groups is 1. The number of nitrogens with zero attached hydrogens (tertiary/aromatic N) is 2. The monoisotopic (exact) mass is 429 g/mol. The van der Waals surface area contributed by atoms with Crippen LogP contribution in [-0.4, -0.2) is 68.2 Å². The van der Waals surface area contributed by atoms with Crippen LogP contribution in [0.15, 0.2) is 54.6 Å². The fourth-order valence-electron chi connectivity index (χ4n) is 3.47. The summed E-state index contributed by atoms with van der Waals surface area (Å²) in [5.41, 5.74) is 2.55. The van der Waals surface area contributed by atoms with Crippen LogP contribution in [0.1, 0.15) is 17.2 Å². The van der Waals surface area contributed by atoms with Crippen molar-refractivity contribution < 1.29 is 18.0 Å². The summed E-state index contributed by atoms with van der Waals surface area (Å²) < 4.78 is 23.6. The number of likely N-dealkylation sites (N-methyl/N-ethyl adjacent to an activating group) is 1. The first-order valence-electron chi connectivity index (χ1n) is 9.86. The van der Waals surface area contributed by atoms with Gasteiger partial charge in [0, 0.05) is 25.8 Å². The molecule has 1 saturated heterocycles. The number of carbonyl (C=O) groups excluding carboxylic acids is 2. The first-order chi connectivity index (χ1) is 14.2. The predicted octanol–water partition coefficient (Wildman–Crippen LogP) is 1.86. The van der Waals surface area contributed by atoms with E-state index in [2.05, 4.69) is 5.32 Å². The summed E-state index contributed by atoms with van der Waals surface area (Å²) in [4.78, 5) is 29.0. The van der Waals surface area contributed by atoms with Crippen LogP contribution in [0.4, 0.5) is 5.69 Å². The number of aryl methyl sites for hydroxylation is 1. The van der Waals surface area contributed by atoms with Crippen molar-refractivity contribution in [2.75, 3.05) is 43.5 Å². The highest BCUT2D eigenvalue weighted by atomic mass is 32.2. The topological polar surface area (TPSA) is 86.8 Å². The van der Waals surface area contributed by atoms with E-state index in [9.17, 15) is 18.0 Å². The van der Waals surface area contributed by atoms with Gasteiger partial charge in [-0.15, -0.1) is 0 Å². The molecule has 2 aromatic rings. The number of anilines is 1. The average Bonchev–Trinajstić information content (AvgIpc) is 2.71. The lowest BCUT2D eigenvalue weighted by molar-refractivity contribution is -0.138. The van der Waals surface area contributed by atoms with Crippen LogP contribution in [0.3, 0.4) is 0 Å². The summed E-state index contributed by atoms with van der Waals surface area (Å²) in [5, 5.41) is 2.80. The van der Waals surface area contributed by atoms with E-state index in [4.69, 9.17) is 0 Å². The van der Waals surface area contributed by atoms with E-state index in [0.29, 0.717) is 5.69 Å². The van der Waals surface area contributed by atoms with Crippen LogP contribution in [0.25, 0.3) is 0 Å². The summed E-state index contributed by atoms with van der Waals surface area (Å²) in [7, 11) is -1.47. The first kappa shape index (κ1) is 22.0. The third-order valence-corrected chi connectivity index (χ3v) is 6.79. The maximum absolute atomic E-state index is 13.3. The van der Waals surface area contributed by atoms with E-state index >= 15 is 0 Å². The molecule has 1 aliphatic rings. The van der Waals surface area contributed by atoms with Gasteiger partial charge in [-0.05, 0) is 24.6 Å². The SMILES string of the molecule is Cc1ccc(NC(=O)CN(C)C(=O)C(c2ccccc2)N2CCS(=O)(=O)CC2)cc1. The Morgan fingerprint density at radius 2 is 1.63 bits per heavy atom. The van der Waals surface area contributed by atoms with E-state index in [1.165, 1.54) is 4.90 Å². The molecule has 8 heteroatoms. The normalized spacial score (nSPS) is 17.1. The molecule has 1 heterocycles. The second-order valence-electron chi connectivity index (χ2n) is 7.61. The van der Waals surface area contributed by atoms with Crippen LogP contribution in [0.2, 0.25) is 0 Å². The van der Waals surface area contributed by atoms with Crippen molar-refractivity contribution in [2.45, 2.75) is 13.0 Å². The van der Waals surface area contributed by atoms with Gasteiger partial charge in [0.1, 0.15) is 6.04 Å². The molecule has 1 fully saturated rings. The molecule has 7 nitrogen and oxygen atoms in total. The second kappa shape index (κ2) is 9.40. The zero-order valence-corrected chi connectivity index (χ0v) is 18.1. The Labute approximate surface area is 177 Å². The summed E-state index contributed by atoms with van der Waals surface area (Å²) in [6.07, 6.45) is 0. The smallest absolute Gasteiger partial charge is 0.244 e. The van der Waals surface area contributed by atoms with Gasteiger partial charge < -0.3 is 10.2 Å². The molecule has 0 saturated carbocycles. The number of carbonyl (C=O) groups is 2. The number of benzene rings is 2. The molecule has 1 aliphatic heterocycles. The molecule has 0 spiro atoms. The number of hydrogen-bond donors (Lipinski definition) is 1. The third kappa shape index (κ3) is 5.67. The lowest BCUT2D eigenvalue weighted by Gasteiger charge is -2.35. The lowest BCUT2D eigenvalue weighted by atomic mass is 10.0. The first-order valence-corrected chi connectivity index (χ1v) is 11.7. The van der Waals surface area contributed by atoms with E-state index in [-0.39, 0.29) is 43.0 Å². The van der Waals surface area contributed by atoms with Gasteiger partial charge in [0.05, 0.1) is 18.1 Å². The van der Waals surface area contributed by atoms with Crippen LogP contribution < -0.4 is 5.32 Å². The van der Waals surface area contributed by atoms with Crippen molar-refractivity contribution in [3.63, 3.8) is 0 Å². The fraction of sp³-hybridized carbons (Fsp3) is 0.364. The Kier molecular flexibility index (Phi) is 6.89. The molecule has 2 amide bonds. The lowest BCUT2D eigenvalue weighted by Crippen LogP contribution is -2.49. The van der Waals surface area contributed by atoms with Crippen molar-refractivity contribution in [2.24, 2.45) is 0 Å². The predicted molar refractivity (Wildman–Crippen MR) is 117 cm³/mol. The minimum absolute atomic E-state index is 0.0290. The third-order valence-electron chi connectivity index (χ3n) is 5.19. The van der Waals surface area contributed by atoms with E-state index in [1.54, 1.807) is 7.05 Å². The Bertz CT molecular complexity index is 977. The minimum atomic E-state index is -3.06. The van der Waals surface area contributed by atoms with E-state index < -0.39 is 15.9 Å². The highest BCUT2D eigenvalue weighted by Gasteiger charge is 2.34. The largest absolute Gasteiger partial charge is 0.335 e. The molecule has 30 heavy (non-hydrogen) atoms. The quantitative estimate of drug-likeness (QED) is 0.758. The summed E-state index contributed by atoms with van der Waals surface area (Å²) >= 11 is 0. The van der Waals surface area contributed by atoms with E-state index in [1.807, 2.05) is 66.4 Å². The zero-order valence-electron chi connectivity index (χ0n) is 17.2. The average molecular weight is 430 g/mol. The fourth-order valence-corrected chi connectivity index (χ4v) is 4.70. The van der Waals surface area contributed by atoms with Crippen molar-refractivity contribution >= 4 is 27.3 Å². The molecule has 1 unspecified atom stereocenters. The molecule has 0 aliphatic carbocycles. The van der Waals surface area contributed by atoms with E-state index in [0.717, 1.165) is 11.1 Å². The van der Waals surface area contributed by atoms with Gasteiger partial charge in [-0.3, -0.25) is 14.5 Å². The Morgan fingerprint density at radius 1 is 1.03 bits per heavy atom. The Morgan fingerprint density at radius 3 is 2.23 bits per heavy atom. The Balaban J connectivity index is 1.71. The van der Waals surface area contributed by atoms with Gasteiger partial charge in [0.2, 0.25) is 11.8 Å². The van der Waals surface area contributed by atoms with Gasteiger partial charge in [0.15, 0.2) is 9.84 Å². The van der Waals surface area contributed by atoms with Crippen LogP contribution >= 0.6 is 0 Å². The summed E-state index contributed by atoms with van der Waals surface area (Å²) in [5.74, 6) is -0.468. The van der Waals surface area contributed by atoms with Crippen LogP contribution in [0, 0.1) is 6.92 Å². The molecule has 3 rings (SSSR count). The number of amides is 2. The van der Waals surface area contributed by atoms with Crippen molar-refractivity contribution in [1.29, 1.82) is 0 Å². The molecular weight excluding hydrogens is 402 g/mol. The van der Waals surface area contributed by atoms with Gasteiger partial charge >= 0.3 is 0 Å². The molecular formula is C22H27N3O4S. The summed E-state index contributed by atoms with van der Waals surface area (Å²) in [6.45, 7) is 2.45. The molecule has 0 aromatic heterocycles.